The third kappa shape index (κ3) is 4.47. The highest BCUT2D eigenvalue weighted by Gasteiger charge is 2.35. The number of carbonyl (C=O) groups excluding carboxylic acids is 1. The van der Waals surface area contributed by atoms with E-state index in [2.05, 4.69) is 11.3 Å². The van der Waals surface area contributed by atoms with Gasteiger partial charge in [-0.05, 0) is 17.7 Å². The van der Waals surface area contributed by atoms with Crippen LogP contribution in [0.15, 0.2) is 30.9 Å². The van der Waals surface area contributed by atoms with Crippen LogP contribution in [0.3, 0.4) is 0 Å². The first-order chi connectivity index (χ1) is 10.2. The number of alkyl halides is 3. The minimum Gasteiger partial charge on any atom is -0.479 e. The van der Waals surface area contributed by atoms with Gasteiger partial charge in [-0.2, -0.15) is 13.2 Å². The second kappa shape index (κ2) is 6.92. The number of carbonyl (C=O) groups is 2. The molecule has 1 rings (SSSR count). The molecule has 0 spiro atoms. The Hall–Kier alpha value is -2.58. The molecule has 0 heterocycles. The molecule has 1 unspecified atom stereocenters. The molecule has 0 aliphatic carbocycles. The fraction of sp³-hybridized carbons (Fsp3) is 0.231. The van der Waals surface area contributed by atoms with E-state index in [1.165, 1.54) is 6.08 Å². The zero-order valence-corrected chi connectivity index (χ0v) is 11.0. The van der Waals surface area contributed by atoms with Crippen LogP contribution in [0.5, 0.6) is 0 Å². The van der Waals surface area contributed by atoms with Gasteiger partial charge in [0.2, 0.25) is 0 Å². The van der Waals surface area contributed by atoms with Gasteiger partial charge in [-0.3, -0.25) is 0 Å². The van der Waals surface area contributed by atoms with Gasteiger partial charge in [0.25, 0.3) is 0 Å². The molecule has 0 aliphatic rings. The zero-order valence-electron chi connectivity index (χ0n) is 11.0. The van der Waals surface area contributed by atoms with Crippen LogP contribution in [0.2, 0.25) is 0 Å². The molecule has 0 aliphatic heterocycles. The Morgan fingerprint density at radius 1 is 1.41 bits per heavy atom. The van der Waals surface area contributed by atoms with E-state index in [0.29, 0.717) is 12.1 Å². The molecule has 22 heavy (non-hydrogen) atoms. The second-order valence-corrected chi connectivity index (χ2v) is 4.04. The van der Waals surface area contributed by atoms with Crippen molar-refractivity contribution >= 4 is 12.1 Å². The first-order valence-electron chi connectivity index (χ1n) is 5.80. The van der Waals surface area contributed by atoms with E-state index >= 15 is 0 Å². The van der Waals surface area contributed by atoms with Crippen LogP contribution in [-0.2, 0) is 15.7 Å². The lowest BCUT2D eigenvalue weighted by molar-refractivity contribution is -0.141. The SMILES string of the molecule is C=CCOC(=O)NC(C(=O)O)c1ccc(F)c(C(F)(F)F)c1. The normalized spacial score (nSPS) is 12.4. The Bertz CT molecular complexity index is 586. The average molecular weight is 321 g/mol. The van der Waals surface area contributed by atoms with Gasteiger partial charge in [-0.25, -0.2) is 14.0 Å². The maximum absolute atomic E-state index is 13.2. The third-order valence-electron chi connectivity index (χ3n) is 2.47. The predicted molar refractivity (Wildman–Crippen MR) is 66.5 cm³/mol. The summed E-state index contributed by atoms with van der Waals surface area (Å²) in [5, 5.41) is 10.9. The summed E-state index contributed by atoms with van der Waals surface area (Å²) in [6.45, 7) is 3.05. The monoisotopic (exact) mass is 321 g/mol. The van der Waals surface area contributed by atoms with E-state index in [1.54, 1.807) is 0 Å². The van der Waals surface area contributed by atoms with Gasteiger partial charge in [0.05, 0.1) is 5.56 Å². The van der Waals surface area contributed by atoms with Crippen molar-refractivity contribution < 1.29 is 37.0 Å². The largest absolute Gasteiger partial charge is 0.479 e. The average Bonchev–Trinajstić information content (AvgIpc) is 2.41. The van der Waals surface area contributed by atoms with Gasteiger partial charge in [-0.1, -0.05) is 18.7 Å². The van der Waals surface area contributed by atoms with E-state index in [9.17, 15) is 27.2 Å². The number of nitrogens with one attached hydrogen (secondary N) is 1. The van der Waals surface area contributed by atoms with Crippen molar-refractivity contribution in [1.82, 2.24) is 5.32 Å². The summed E-state index contributed by atoms with van der Waals surface area (Å²) in [5.41, 5.74) is -2.07. The quantitative estimate of drug-likeness (QED) is 0.646. The maximum atomic E-state index is 13.2. The van der Waals surface area contributed by atoms with Crippen molar-refractivity contribution in [3.8, 4) is 0 Å². The molecule has 9 heteroatoms. The molecule has 0 aromatic heterocycles. The maximum Gasteiger partial charge on any atom is 0.419 e. The summed E-state index contributed by atoms with van der Waals surface area (Å²) in [6.07, 6.45) is -4.94. The van der Waals surface area contributed by atoms with Gasteiger partial charge in [0.1, 0.15) is 12.4 Å². The number of rotatable bonds is 5. The number of carboxylic acids is 1. The number of ether oxygens (including phenoxy) is 1. The smallest absolute Gasteiger partial charge is 0.419 e. The highest BCUT2D eigenvalue weighted by atomic mass is 19.4. The van der Waals surface area contributed by atoms with Crippen molar-refractivity contribution in [1.29, 1.82) is 0 Å². The van der Waals surface area contributed by atoms with Crippen LogP contribution in [0.25, 0.3) is 0 Å². The number of carboxylic acid groups (broad SMARTS) is 1. The van der Waals surface area contributed by atoms with E-state index in [0.717, 1.165) is 6.07 Å². The van der Waals surface area contributed by atoms with Crippen LogP contribution in [-0.4, -0.2) is 23.8 Å². The third-order valence-corrected chi connectivity index (χ3v) is 2.47. The number of hydrogen-bond acceptors (Lipinski definition) is 3. The van der Waals surface area contributed by atoms with Crippen molar-refractivity contribution in [2.45, 2.75) is 12.2 Å². The highest BCUT2D eigenvalue weighted by molar-refractivity contribution is 5.81. The zero-order chi connectivity index (χ0) is 16.9. The highest BCUT2D eigenvalue weighted by Crippen LogP contribution is 2.33. The number of hydrogen-bond donors (Lipinski definition) is 2. The number of halogens is 4. The molecule has 0 saturated heterocycles. The summed E-state index contributed by atoms with van der Waals surface area (Å²) >= 11 is 0. The van der Waals surface area contributed by atoms with Crippen molar-refractivity contribution in [2.24, 2.45) is 0 Å². The lowest BCUT2D eigenvalue weighted by Gasteiger charge is -2.16. The summed E-state index contributed by atoms with van der Waals surface area (Å²) in [4.78, 5) is 22.4. The van der Waals surface area contributed by atoms with Crippen molar-refractivity contribution in [3.63, 3.8) is 0 Å². The van der Waals surface area contributed by atoms with Crippen LogP contribution in [0.1, 0.15) is 17.2 Å². The first-order valence-corrected chi connectivity index (χ1v) is 5.80. The summed E-state index contributed by atoms with van der Waals surface area (Å²) < 4.78 is 55.5. The Morgan fingerprint density at radius 2 is 2.05 bits per heavy atom. The summed E-state index contributed by atoms with van der Waals surface area (Å²) in [7, 11) is 0. The number of alkyl carbamates (subject to hydrolysis) is 1. The van der Waals surface area contributed by atoms with Gasteiger partial charge in [0.15, 0.2) is 6.04 Å². The molecule has 1 atom stereocenters. The van der Waals surface area contributed by atoms with E-state index in [-0.39, 0.29) is 6.61 Å². The minimum absolute atomic E-state index is 0.213. The van der Waals surface area contributed by atoms with Crippen molar-refractivity contribution in [2.75, 3.05) is 6.61 Å². The molecule has 120 valence electrons. The molecule has 2 N–H and O–H groups in total. The van der Waals surface area contributed by atoms with E-state index < -0.39 is 41.2 Å². The molecule has 5 nitrogen and oxygen atoms in total. The molecule has 0 radical (unpaired) electrons. The second-order valence-electron chi connectivity index (χ2n) is 4.04. The number of aliphatic carboxylic acids is 1. The standard InChI is InChI=1S/C13H11F4NO4/c1-2-5-22-12(21)18-10(11(19)20)7-3-4-9(14)8(6-7)13(15,16)17/h2-4,6,10H,1,5H2,(H,18,21)(H,19,20). The summed E-state index contributed by atoms with van der Waals surface area (Å²) in [6, 6.07) is -0.191. The van der Waals surface area contributed by atoms with Gasteiger partial charge in [0, 0.05) is 0 Å². The van der Waals surface area contributed by atoms with Crippen LogP contribution < -0.4 is 5.32 Å². The predicted octanol–water partition coefficient (Wildman–Crippen LogP) is 2.88. The Morgan fingerprint density at radius 3 is 2.55 bits per heavy atom. The lowest BCUT2D eigenvalue weighted by Crippen LogP contribution is -2.34. The van der Waals surface area contributed by atoms with Crippen molar-refractivity contribution in [3.05, 3.63) is 47.8 Å². The fourth-order valence-corrected chi connectivity index (χ4v) is 1.52. The molecule has 0 bridgehead atoms. The van der Waals surface area contributed by atoms with Crippen LogP contribution >= 0.6 is 0 Å². The van der Waals surface area contributed by atoms with Crippen LogP contribution in [0, 0.1) is 5.82 Å². The van der Waals surface area contributed by atoms with E-state index in [1.807, 2.05) is 5.32 Å². The molecule has 1 aromatic rings. The Labute approximate surface area is 122 Å². The van der Waals surface area contributed by atoms with E-state index in [4.69, 9.17) is 5.11 Å². The number of amides is 1. The molecule has 1 aromatic carbocycles. The Balaban J connectivity index is 3.09. The molecular weight excluding hydrogens is 310 g/mol. The molecule has 0 fully saturated rings. The topological polar surface area (TPSA) is 75.6 Å². The van der Waals surface area contributed by atoms with Gasteiger partial charge >= 0.3 is 18.2 Å². The number of benzene rings is 1. The van der Waals surface area contributed by atoms with Gasteiger partial charge in [-0.15, -0.1) is 0 Å². The molecule has 0 saturated carbocycles. The Kier molecular flexibility index (Phi) is 5.50. The molecular formula is C13H11F4NO4. The lowest BCUT2D eigenvalue weighted by atomic mass is 10.0. The van der Waals surface area contributed by atoms with Crippen LogP contribution in [0.4, 0.5) is 22.4 Å². The summed E-state index contributed by atoms with van der Waals surface area (Å²) in [5.74, 6) is -3.18. The minimum atomic E-state index is -4.99. The molecule has 1 amide bonds. The fourth-order valence-electron chi connectivity index (χ4n) is 1.52. The first kappa shape index (κ1) is 17.5. The van der Waals surface area contributed by atoms with Gasteiger partial charge < -0.3 is 15.2 Å².